The van der Waals surface area contributed by atoms with Gasteiger partial charge >= 0.3 is 5.97 Å². The number of esters is 1. The van der Waals surface area contributed by atoms with Gasteiger partial charge in [-0.25, -0.2) is 0 Å². The zero-order chi connectivity index (χ0) is 13.7. The zero-order valence-corrected chi connectivity index (χ0v) is 11.1. The van der Waals surface area contributed by atoms with E-state index in [0.29, 0.717) is 26.1 Å². The summed E-state index contributed by atoms with van der Waals surface area (Å²) in [5.41, 5.74) is 1.11. The van der Waals surface area contributed by atoms with Crippen molar-refractivity contribution in [2.75, 3.05) is 6.61 Å². The first-order chi connectivity index (χ1) is 9.16. The molecule has 0 spiro atoms. The molecule has 2 rings (SSSR count). The second-order valence-electron chi connectivity index (χ2n) is 5.01. The van der Waals surface area contributed by atoms with E-state index >= 15 is 0 Å². The summed E-state index contributed by atoms with van der Waals surface area (Å²) in [4.78, 5) is 11.2. The van der Waals surface area contributed by atoms with Gasteiger partial charge in [0.15, 0.2) is 0 Å². The lowest BCUT2D eigenvalue weighted by atomic mass is 10.0. The quantitative estimate of drug-likeness (QED) is 0.630. The molecule has 0 unspecified atom stereocenters. The summed E-state index contributed by atoms with van der Waals surface area (Å²) < 4.78 is 10.6. The van der Waals surface area contributed by atoms with Gasteiger partial charge in [0, 0.05) is 13.0 Å². The van der Waals surface area contributed by atoms with Crippen LogP contribution in [0.3, 0.4) is 0 Å². The van der Waals surface area contributed by atoms with Gasteiger partial charge in [0.1, 0.15) is 6.10 Å². The van der Waals surface area contributed by atoms with Gasteiger partial charge in [-0.2, -0.15) is 0 Å². The fourth-order valence-electron chi connectivity index (χ4n) is 2.15. The molecule has 4 nitrogen and oxygen atoms in total. The topological polar surface area (TPSA) is 55.8 Å². The number of carbonyl (C=O) groups excluding carboxylic acids is 1. The first-order valence-corrected chi connectivity index (χ1v) is 6.67. The van der Waals surface area contributed by atoms with E-state index in [-0.39, 0.29) is 18.0 Å². The number of benzene rings is 1. The van der Waals surface area contributed by atoms with E-state index in [1.165, 1.54) is 0 Å². The molecule has 1 aromatic rings. The molecular formula is C15H20O4. The van der Waals surface area contributed by atoms with Gasteiger partial charge < -0.3 is 14.6 Å². The van der Waals surface area contributed by atoms with Crippen LogP contribution in [0.2, 0.25) is 0 Å². The third-order valence-corrected chi connectivity index (χ3v) is 3.35. The molecule has 1 fully saturated rings. The molecule has 1 aliphatic heterocycles. The number of hydrogen-bond donors (Lipinski definition) is 1. The van der Waals surface area contributed by atoms with Gasteiger partial charge in [0.05, 0.1) is 18.6 Å². The molecule has 1 heterocycles. The Kier molecular flexibility index (Phi) is 4.93. The van der Waals surface area contributed by atoms with E-state index in [9.17, 15) is 9.90 Å². The van der Waals surface area contributed by atoms with Crippen molar-refractivity contribution < 1.29 is 19.4 Å². The summed E-state index contributed by atoms with van der Waals surface area (Å²) in [6, 6.07) is 9.89. The third kappa shape index (κ3) is 4.04. The second kappa shape index (κ2) is 6.68. The van der Waals surface area contributed by atoms with Crippen molar-refractivity contribution >= 4 is 5.97 Å². The van der Waals surface area contributed by atoms with Crippen LogP contribution in [-0.2, 0) is 20.9 Å². The van der Waals surface area contributed by atoms with E-state index < -0.39 is 6.10 Å². The maximum atomic E-state index is 11.2. The average molecular weight is 264 g/mol. The smallest absolute Gasteiger partial charge is 0.309 e. The molecule has 0 bridgehead atoms. The van der Waals surface area contributed by atoms with E-state index in [4.69, 9.17) is 9.47 Å². The lowest BCUT2D eigenvalue weighted by Crippen LogP contribution is -2.27. The Morgan fingerprint density at radius 3 is 2.79 bits per heavy atom. The van der Waals surface area contributed by atoms with Gasteiger partial charge in [-0.1, -0.05) is 37.3 Å². The predicted octanol–water partition coefficient (Wildman–Crippen LogP) is 1.91. The van der Waals surface area contributed by atoms with Crippen molar-refractivity contribution in [1.29, 1.82) is 0 Å². The molecule has 104 valence electrons. The minimum atomic E-state index is -0.635. The number of carbonyl (C=O) groups is 1. The van der Waals surface area contributed by atoms with Crippen molar-refractivity contribution in [2.24, 2.45) is 5.92 Å². The van der Waals surface area contributed by atoms with Crippen LogP contribution in [-0.4, -0.2) is 29.9 Å². The molecular weight excluding hydrogens is 244 g/mol. The minimum Gasteiger partial charge on any atom is -0.459 e. The molecule has 3 atom stereocenters. The normalized spacial score (nSPS) is 24.2. The SMILES string of the molecule is C[C@@H]1C[C@H]([C@H](O)CCOCc2ccccc2)OC1=O. The highest BCUT2D eigenvalue weighted by Crippen LogP contribution is 2.24. The Morgan fingerprint density at radius 1 is 1.42 bits per heavy atom. The largest absolute Gasteiger partial charge is 0.459 e. The Labute approximate surface area is 113 Å². The Hall–Kier alpha value is -1.39. The van der Waals surface area contributed by atoms with E-state index in [2.05, 4.69) is 0 Å². The van der Waals surface area contributed by atoms with Gasteiger partial charge in [-0.15, -0.1) is 0 Å². The molecule has 1 aromatic carbocycles. The molecule has 1 aliphatic rings. The standard InChI is InChI=1S/C15H20O4/c1-11-9-14(19-15(11)17)13(16)7-8-18-10-12-5-3-2-4-6-12/h2-6,11,13-14,16H,7-10H2,1H3/t11-,13-,14-/m1/s1. The van der Waals surface area contributed by atoms with Crippen LogP contribution in [0.15, 0.2) is 30.3 Å². The maximum absolute atomic E-state index is 11.2. The van der Waals surface area contributed by atoms with Crippen LogP contribution in [0.25, 0.3) is 0 Å². The van der Waals surface area contributed by atoms with Crippen molar-refractivity contribution in [2.45, 2.75) is 38.6 Å². The summed E-state index contributed by atoms with van der Waals surface area (Å²) in [5.74, 6) is -0.320. The summed E-state index contributed by atoms with van der Waals surface area (Å²) in [7, 11) is 0. The molecule has 4 heteroatoms. The molecule has 0 saturated carbocycles. The Morgan fingerprint density at radius 2 is 2.16 bits per heavy atom. The number of hydrogen-bond acceptors (Lipinski definition) is 4. The van der Waals surface area contributed by atoms with Gasteiger partial charge in [0.25, 0.3) is 0 Å². The van der Waals surface area contributed by atoms with Crippen LogP contribution in [0, 0.1) is 5.92 Å². The van der Waals surface area contributed by atoms with Crippen LogP contribution in [0.5, 0.6) is 0 Å². The van der Waals surface area contributed by atoms with Crippen molar-refractivity contribution in [3.05, 3.63) is 35.9 Å². The predicted molar refractivity (Wildman–Crippen MR) is 70.4 cm³/mol. The van der Waals surface area contributed by atoms with E-state index in [0.717, 1.165) is 5.56 Å². The molecule has 1 saturated heterocycles. The van der Waals surface area contributed by atoms with E-state index in [1.54, 1.807) is 0 Å². The number of rotatable bonds is 6. The first kappa shape index (κ1) is 14.0. The lowest BCUT2D eigenvalue weighted by molar-refractivity contribution is -0.148. The number of aliphatic hydroxyl groups is 1. The molecule has 0 amide bonds. The number of ether oxygens (including phenoxy) is 2. The summed E-state index contributed by atoms with van der Waals surface area (Å²) in [6.07, 6.45) is 0.0726. The zero-order valence-electron chi connectivity index (χ0n) is 11.1. The van der Waals surface area contributed by atoms with Crippen molar-refractivity contribution in [1.82, 2.24) is 0 Å². The Bertz CT molecular complexity index is 404. The Balaban J connectivity index is 1.64. The number of cyclic esters (lactones) is 1. The molecule has 1 N–H and O–H groups in total. The molecule has 0 radical (unpaired) electrons. The first-order valence-electron chi connectivity index (χ1n) is 6.67. The summed E-state index contributed by atoms with van der Waals surface area (Å²) in [5, 5.41) is 9.92. The van der Waals surface area contributed by atoms with Crippen LogP contribution in [0.4, 0.5) is 0 Å². The molecule has 0 aliphatic carbocycles. The lowest BCUT2D eigenvalue weighted by Gasteiger charge is -2.16. The molecule has 0 aromatic heterocycles. The van der Waals surface area contributed by atoms with E-state index in [1.807, 2.05) is 37.3 Å². The third-order valence-electron chi connectivity index (χ3n) is 3.35. The van der Waals surface area contributed by atoms with Gasteiger partial charge in [-0.3, -0.25) is 4.79 Å². The van der Waals surface area contributed by atoms with Crippen LogP contribution in [0.1, 0.15) is 25.3 Å². The average Bonchev–Trinajstić information content (AvgIpc) is 2.76. The fourth-order valence-corrected chi connectivity index (χ4v) is 2.15. The maximum Gasteiger partial charge on any atom is 0.309 e. The molecule has 19 heavy (non-hydrogen) atoms. The van der Waals surface area contributed by atoms with Crippen LogP contribution < -0.4 is 0 Å². The summed E-state index contributed by atoms with van der Waals surface area (Å²) >= 11 is 0. The monoisotopic (exact) mass is 264 g/mol. The highest BCUT2D eigenvalue weighted by atomic mass is 16.6. The van der Waals surface area contributed by atoms with Crippen molar-refractivity contribution in [3.63, 3.8) is 0 Å². The highest BCUT2D eigenvalue weighted by molar-refractivity contribution is 5.74. The van der Waals surface area contributed by atoms with Crippen molar-refractivity contribution in [3.8, 4) is 0 Å². The minimum absolute atomic E-state index is 0.107. The fraction of sp³-hybridized carbons (Fsp3) is 0.533. The van der Waals surface area contributed by atoms with Gasteiger partial charge in [-0.05, 0) is 12.0 Å². The second-order valence-corrected chi connectivity index (χ2v) is 5.01. The van der Waals surface area contributed by atoms with Crippen LogP contribution >= 0.6 is 0 Å². The highest BCUT2D eigenvalue weighted by Gasteiger charge is 2.35. The summed E-state index contributed by atoms with van der Waals surface area (Å²) in [6.45, 7) is 2.81. The van der Waals surface area contributed by atoms with Gasteiger partial charge in [0.2, 0.25) is 0 Å². The number of aliphatic hydroxyl groups excluding tert-OH is 1.